The van der Waals surface area contributed by atoms with Gasteiger partial charge in [-0.05, 0) is 6.92 Å². The molecular weight excluding hydrogens is 274 g/mol. The van der Waals surface area contributed by atoms with E-state index >= 15 is 0 Å². The number of nitrogens with zero attached hydrogens (tertiary/aromatic N) is 2. The number of carbonyl (C=O) groups is 1. The molecule has 1 aliphatic heterocycles. The van der Waals surface area contributed by atoms with Crippen molar-refractivity contribution in [3.05, 3.63) is 16.1 Å². The van der Waals surface area contributed by atoms with Crippen LogP contribution in [-0.4, -0.2) is 36.5 Å². The van der Waals surface area contributed by atoms with Crippen molar-refractivity contribution in [2.45, 2.75) is 19.9 Å². The summed E-state index contributed by atoms with van der Waals surface area (Å²) in [6.45, 7) is 2.79. The van der Waals surface area contributed by atoms with E-state index in [0.29, 0.717) is 13.1 Å². The number of hydrogen-bond acceptors (Lipinski definition) is 5. The van der Waals surface area contributed by atoms with E-state index in [2.05, 4.69) is 4.98 Å². The number of primary sulfonamides is 1. The van der Waals surface area contributed by atoms with Gasteiger partial charge in [-0.15, -0.1) is 11.3 Å². The zero-order chi connectivity index (χ0) is 13.3. The van der Waals surface area contributed by atoms with Gasteiger partial charge in [0, 0.05) is 30.0 Å². The molecule has 1 saturated heterocycles. The van der Waals surface area contributed by atoms with Gasteiger partial charge in [0.15, 0.2) is 0 Å². The van der Waals surface area contributed by atoms with Gasteiger partial charge in [-0.25, -0.2) is 18.5 Å². The molecule has 0 aliphatic carbocycles. The largest absolute Gasteiger partial charge is 0.336 e. The van der Waals surface area contributed by atoms with Crippen molar-refractivity contribution in [1.82, 2.24) is 9.88 Å². The molecular formula is C10H15N3O3S2. The second-order valence-corrected chi connectivity index (χ2v) is 7.16. The molecule has 1 aromatic rings. The van der Waals surface area contributed by atoms with Crippen LogP contribution in [0, 0.1) is 12.8 Å². The SMILES string of the molecule is Cc1csc(CN2CC(CS(N)(=O)=O)CC2=O)n1. The molecule has 1 fully saturated rings. The van der Waals surface area contributed by atoms with Crippen LogP contribution in [0.1, 0.15) is 17.1 Å². The normalized spacial score (nSPS) is 20.7. The van der Waals surface area contributed by atoms with Crippen LogP contribution >= 0.6 is 11.3 Å². The molecule has 2 rings (SSSR count). The Hall–Kier alpha value is -0.990. The van der Waals surface area contributed by atoms with Gasteiger partial charge in [-0.1, -0.05) is 0 Å². The Morgan fingerprint density at radius 3 is 2.89 bits per heavy atom. The first-order valence-corrected chi connectivity index (χ1v) is 8.12. The van der Waals surface area contributed by atoms with Gasteiger partial charge >= 0.3 is 0 Å². The van der Waals surface area contributed by atoms with E-state index in [-0.39, 0.29) is 24.0 Å². The van der Waals surface area contributed by atoms with Crippen molar-refractivity contribution in [1.29, 1.82) is 0 Å². The number of carbonyl (C=O) groups excluding carboxylic acids is 1. The molecule has 0 bridgehead atoms. The van der Waals surface area contributed by atoms with Crippen molar-refractivity contribution in [2.24, 2.45) is 11.1 Å². The van der Waals surface area contributed by atoms with Crippen LogP contribution in [0.5, 0.6) is 0 Å². The van der Waals surface area contributed by atoms with Crippen LogP contribution < -0.4 is 5.14 Å². The maximum atomic E-state index is 11.7. The van der Waals surface area contributed by atoms with Crippen LogP contribution in [-0.2, 0) is 21.4 Å². The van der Waals surface area contributed by atoms with E-state index in [1.165, 1.54) is 11.3 Å². The molecule has 1 unspecified atom stereocenters. The molecule has 0 radical (unpaired) electrons. The number of likely N-dealkylation sites (tertiary alicyclic amines) is 1. The Kier molecular flexibility index (Phi) is 3.69. The molecule has 1 atom stereocenters. The van der Waals surface area contributed by atoms with Gasteiger partial charge in [0.05, 0.1) is 12.3 Å². The smallest absolute Gasteiger partial charge is 0.223 e. The zero-order valence-corrected chi connectivity index (χ0v) is 11.6. The van der Waals surface area contributed by atoms with Crippen LogP contribution in [0.2, 0.25) is 0 Å². The Bertz CT molecular complexity index is 552. The van der Waals surface area contributed by atoms with Crippen LogP contribution in [0.15, 0.2) is 5.38 Å². The third-order valence-corrected chi connectivity index (χ3v) is 4.64. The Balaban J connectivity index is 1.97. The number of nitrogens with two attached hydrogens (primary N) is 1. The monoisotopic (exact) mass is 289 g/mol. The Labute approximate surface area is 110 Å². The average Bonchev–Trinajstić information content (AvgIpc) is 2.73. The summed E-state index contributed by atoms with van der Waals surface area (Å²) in [5.74, 6) is -0.364. The number of aryl methyl sites for hydroxylation is 1. The molecule has 0 saturated carbocycles. The molecule has 1 aromatic heterocycles. The highest BCUT2D eigenvalue weighted by Crippen LogP contribution is 2.22. The fraction of sp³-hybridized carbons (Fsp3) is 0.600. The lowest BCUT2D eigenvalue weighted by Gasteiger charge is -2.14. The second kappa shape index (κ2) is 4.94. The lowest BCUT2D eigenvalue weighted by atomic mass is 10.1. The molecule has 2 heterocycles. The van der Waals surface area contributed by atoms with Crippen LogP contribution in [0.25, 0.3) is 0 Å². The van der Waals surface area contributed by atoms with E-state index in [1.807, 2.05) is 12.3 Å². The predicted molar refractivity (Wildman–Crippen MR) is 68.3 cm³/mol. The molecule has 2 N–H and O–H groups in total. The summed E-state index contributed by atoms with van der Waals surface area (Å²) < 4.78 is 22.0. The number of sulfonamides is 1. The molecule has 8 heteroatoms. The molecule has 0 aromatic carbocycles. The van der Waals surface area contributed by atoms with Crippen molar-refractivity contribution in [2.75, 3.05) is 12.3 Å². The molecule has 18 heavy (non-hydrogen) atoms. The fourth-order valence-corrected chi connectivity index (χ4v) is 3.75. The summed E-state index contributed by atoms with van der Waals surface area (Å²) in [7, 11) is -3.52. The third-order valence-electron chi connectivity index (χ3n) is 2.76. The average molecular weight is 289 g/mol. The van der Waals surface area contributed by atoms with E-state index in [9.17, 15) is 13.2 Å². The highest BCUT2D eigenvalue weighted by atomic mass is 32.2. The summed E-state index contributed by atoms with van der Waals surface area (Å²) in [6, 6.07) is 0. The highest BCUT2D eigenvalue weighted by Gasteiger charge is 2.32. The summed E-state index contributed by atoms with van der Waals surface area (Å²) in [6.07, 6.45) is 0.251. The number of amides is 1. The lowest BCUT2D eigenvalue weighted by molar-refractivity contribution is -0.128. The molecule has 6 nitrogen and oxygen atoms in total. The van der Waals surface area contributed by atoms with Crippen LogP contribution in [0.4, 0.5) is 0 Å². The number of thiazole rings is 1. The minimum absolute atomic E-state index is 0.0310. The Morgan fingerprint density at radius 1 is 1.61 bits per heavy atom. The second-order valence-electron chi connectivity index (χ2n) is 4.56. The first-order chi connectivity index (χ1) is 8.33. The third kappa shape index (κ3) is 3.50. The Morgan fingerprint density at radius 2 is 2.33 bits per heavy atom. The van der Waals surface area contributed by atoms with Gasteiger partial charge in [-0.2, -0.15) is 0 Å². The van der Waals surface area contributed by atoms with E-state index in [4.69, 9.17) is 5.14 Å². The van der Waals surface area contributed by atoms with Gasteiger partial charge in [-0.3, -0.25) is 4.79 Å². The summed E-state index contributed by atoms with van der Waals surface area (Å²) in [5.41, 5.74) is 0.933. The van der Waals surface area contributed by atoms with E-state index in [1.54, 1.807) is 4.90 Å². The minimum Gasteiger partial charge on any atom is -0.336 e. The van der Waals surface area contributed by atoms with Crippen LogP contribution in [0.3, 0.4) is 0 Å². The number of aromatic nitrogens is 1. The van der Waals surface area contributed by atoms with Crippen molar-refractivity contribution in [3.63, 3.8) is 0 Å². The molecule has 100 valence electrons. The fourth-order valence-electron chi connectivity index (χ4n) is 2.09. The van der Waals surface area contributed by atoms with Gasteiger partial charge in [0.1, 0.15) is 5.01 Å². The number of rotatable bonds is 4. The van der Waals surface area contributed by atoms with Crippen molar-refractivity contribution >= 4 is 27.3 Å². The van der Waals surface area contributed by atoms with Crippen molar-refractivity contribution in [3.8, 4) is 0 Å². The predicted octanol–water partition coefficient (Wildman–Crippen LogP) is 0.0885. The maximum Gasteiger partial charge on any atom is 0.223 e. The van der Waals surface area contributed by atoms with Gasteiger partial charge in [0.2, 0.25) is 15.9 Å². The quantitative estimate of drug-likeness (QED) is 0.850. The van der Waals surface area contributed by atoms with E-state index in [0.717, 1.165) is 10.7 Å². The van der Waals surface area contributed by atoms with Gasteiger partial charge < -0.3 is 4.90 Å². The summed E-state index contributed by atoms with van der Waals surface area (Å²) in [5, 5.41) is 7.79. The molecule has 1 amide bonds. The molecule has 0 spiro atoms. The van der Waals surface area contributed by atoms with Gasteiger partial charge in [0.25, 0.3) is 0 Å². The number of hydrogen-bond donors (Lipinski definition) is 1. The standard InChI is InChI=1S/C10H15N3O3S2/c1-7-5-17-9(12-7)4-13-3-8(2-10(13)14)6-18(11,15)16/h5,8H,2-4,6H2,1H3,(H2,11,15,16). The molecule has 1 aliphatic rings. The summed E-state index contributed by atoms with van der Waals surface area (Å²) >= 11 is 1.50. The highest BCUT2D eigenvalue weighted by molar-refractivity contribution is 7.89. The van der Waals surface area contributed by atoms with E-state index < -0.39 is 10.0 Å². The topological polar surface area (TPSA) is 93.4 Å². The first-order valence-electron chi connectivity index (χ1n) is 5.53. The minimum atomic E-state index is -3.52. The summed E-state index contributed by atoms with van der Waals surface area (Å²) in [4.78, 5) is 17.7. The first kappa shape index (κ1) is 13.4. The zero-order valence-electron chi connectivity index (χ0n) is 10.00. The maximum absolute atomic E-state index is 11.7. The lowest BCUT2D eigenvalue weighted by Crippen LogP contribution is -2.27. The van der Waals surface area contributed by atoms with Crippen molar-refractivity contribution < 1.29 is 13.2 Å².